The molecule has 1 aliphatic heterocycles. The highest BCUT2D eigenvalue weighted by Gasteiger charge is 2.13. The summed E-state index contributed by atoms with van der Waals surface area (Å²) >= 11 is 1.72. The van der Waals surface area contributed by atoms with Crippen molar-refractivity contribution in [3.8, 4) is 0 Å². The maximum Gasteiger partial charge on any atom is 0.252 e. The van der Waals surface area contributed by atoms with Crippen LogP contribution in [0.2, 0.25) is 0 Å². The van der Waals surface area contributed by atoms with Gasteiger partial charge >= 0.3 is 0 Å². The zero-order chi connectivity index (χ0) is 17.3. The van der Waals surface area contributed by atoms with Crippen LogP contribution in [-0.2, 0) is 5.75 Å². The van der Waals surface area contributed by atoms with Crippen LogP contribution in [0.5, 0.6) is 0 Å². The van der Waals surface area contributed by atoms with Gasteiger partial charge in [-0.2, -0.15) is 0 Å². The van der Waals surface area contributed by atoms with Crippen molar-refractivity contribution in [2.45, 2.75) is 29.9 Å². The van der Waals surface area contributed by atoms with Crippen LogP contribution >= 0.6 is 11.8 Å². The second kappa shape index (κ2) is 9.64. The van der Waals surface area contributed by atoms with Crippen molar-refractivity contribution >= 4 is 17.7 Å². The van der Waals surface area contributed by atoms with E-state index in [1.807, 2.05) is 30.3 Å². The number of hydrogen-bond donors (Lipinski definition) is 1. The summed E-state index contributed by atoms with van der Waals surface area (Å²) in [6.07, 6.45) is 3.65. The fourth-order valence-electron chi connectivity index (χ4n) is 3.12. The van der Waals surface area contributed by atoms with Crippen molar-refractivity contribution in [2.24, 2.45) is 0 Å². The van der Waals surface area contributed by atoms with E-state index in [0.717, 1.165) is 35.7 Å². The minimum absolute atomic E-state index is 0.0394. The fourth-order valence-corrected chi connectivity index (χ4v) is 4.13. The molecule has 0 aliphatic carbocycles. The highest BCUT2D eigenvalue weighted by Crippen LogP contribution is 2.26. The first-order valence-electron chi connectivity index (χ1n) is 9.09. The van der Waals surface area contributed by atoms with Gasteiger partial charge in [0.1, 0.15) is 0 Å². The molecule has 1 fully saturated rings. The minimum atomic E-state index is 0.0394. The molecule has 0 spiro atoms. The second-order valence-corrected chi connectivity index (χ2v) is 7.45. The van der Waals surface area contributed by atoms with Gasteiger partial charge in [0.25, 0.3) is 5.91 Å². The predicted octanol–water partition coefficient (Wildman–Crippen LogP) is 4.19. The fraction of sp³-hybridized carbons (Fsp3) is 0.381. The molecule has 0 unspecified atom stereocenters. The summed E-state index contributed by atoms with van der Waals surface area (Å²) in [5.74, 6) is 0.915. The van der Waals surface area contributed by atoms with E-state index in [4.69, 9.17) is 0 Å². The first-order chi connectivity index (χ1) is 12.3. The standard InChI is InChI=1S/C21H26N2OS/c24-21(22-13-8-16-23-14-6-7-15-23)19-11-4-5-12-20(19)25-17-18-9-2-1-3-10-18/h1-5,9-12H,6-8,13-17H2,(H,22,24). The SMILES string of the molecule is O=C(NCCCN1CCCC1)c1ccccc1SCc1ccccc1. The van der Waals surface area contributed by atoms with Crippen molar-refractivity contribution in [3.05, 3.63) is 65.7 Å². The van der Waals surface area contributed by atoms with Crippen LogP contribution in [0.3, 0.4) is 0 Å². The molecule has 1 aliphatic rings. The van der Waals surface area contributed by atoms with Crippen LogP contribution in [-0.4, -0.2) is 37.0 Å². The Hall–Kier alpha value is -1.78. The molecular weight excluding hydrogens is 328 g/mol. The maximum atomic E-state index is 12.5. The van der Waals surface area contributed by atoms with Crippen LogP contribution in [0.15, 0.2) is 59.5 Å². The minimum Gasteiger partial charge on any atom is -0.352 e. The summed E-state index contributed by atoms with van der Waals surface area (Å²) in [5.41, 5.74) is 2.05. The number of nitrogens with one attached hydrogen (secondary N) is 1. The van der Waals surface area contributed by atoms with Crippen molar-refractivity contribution in [1.29, 1.82) is 0 Å². The zero-order valence-corrected chi connectivity index (χ0v) is 15.4. The van der Waals surface area contributed by atoms with Crippen molar-refractivity contribution in [1.82, 2.24) is 10.2 Å². The van der Waals surface area contributed by atoms with Crippen molar-refractivity contribution < 1.29 is 4.79 Å². The lowest BCUT2D eigenvalue weighted by Gasteiger charge is -2.14. The van der Waals surface area contributed by atoms with E-state index < -0.39 is 0 Å². The lowest BCUT2D eigenvalue weighted by atomic mass is 10.2. The Balaban J connectivity index is 1.49. The largest absolute Gasteiger partial charge is 0.352 e. The number of rotatable bonds is 8. The van der Waals surface area contributed by atoms with Crippen molar-refractivity contribution in [2.75, 3.05) is 26.2 Å². The van der Waals surface area contributed by atoms with E-state index in [2.05, 4.69) is 34.5 Å². The quantitative estimate of drug-likeness (QED) is 0.570. The molecule has 2 aromatic rings. The van der Waals surface area contributed by atoms with Gasteiger partial charge < -0.3 is 10.2 Å². The van der Waals surface area contributed by atoms with Crippen LogP contribution in [0, 0.1) is 0 Å². The Morgan fingerprint density at radius 2 is 1.72 bits per heavy atom. The summed E-state index contributed by atoms with van der Waals surface area (Å²) in [7, 11) is 0. The van der Waals surface area contributed by atoms with Crippen LogP contribution in [0.25, 0.3) is 0 Å². The molecule has 4 heteroatoms. The Labute approximate surface area is 154 Å². The Bertz CT molecular complexity index is 669. The molecule has 0 radical (unpaired) electrons. The molecule has 25 heavy (non-hydrogen) atoms. The summed E-state index contributed by atoms with van der Waals surface area (Å²) in [4.78, 5) is 16.1. The molecule has 1 saturated heterocycles. The van der Waals surface area contributed by atoms with E-state index in [1.165, 1.54) is 31.5 Å². The lowest BCUT2D eigenvalue weighted by molar-refractivity contribution is 0.0949. The van der Waals surface area contributed by atoms with Gasteiger partial charge in [-0.15, -0.1) is 11.8 Å². The predicted molar refractivity (Wildman–Crippen MR) is 105 cm³/mol. The first kappa shape index (κ1) is 18.0. The smallest absolute Gasteiger partial charge is 0.252 e. The number of benzene rings is 2. The Morgan fingerprint density at radius 1 is 1.00 bits per heavy atom. The van der Waals surface area contributed by atoms with Gasteiger partial charge in [0.05, 0.1) is 5.56 Å². The number of hydrogen-bond acceptors (Lipinski definition) is 3. The van der Waals surface area contributed by atoms with E-state index in [1.54, 1.807) is 11.8 Å². The van der Waals surface area contributed by atoms with Gasteiger partial charge in [-0.3, -0.25) is 4.79 Å². The average Bonchev–Trinajstić information content (AvgIpc) is 3.18. The van der Waals surface area contributed by atoms with Crippen LogP contribution < -0.4 is 5.32 Å². The van der Waals surface area contributed by atoms with Crippen LogP contribution in [0.1, 0.15) is 35.2 Å². The van der Waals surface area contributed by atoms with Crippen molar-refractivity contribution in [3.63, 3.8) is 0 Å². The van der Waals surface area contributed by atoms with E-state index in [9.17, 15) is 4.79 Å². The molecule has 2 aromatic carbocycles. The highest BCUT2D eigenvalue weighted by atomic mass is 32.2. The molecule has 0 atom stereocenters. The Morgan fingerprint density at radius 3 is 2.52 bits per heavy atom. The number of likely N-dealkylation sites (tertiary alicyclic amines) is 1. The normalized spacial score (nSPS) is 14.6. The molecular formula is C21H26N2OS. The van der Waals surface area contributed by atoms with E-state index >= 15 is 0 Å². The number of thioether (sulfide) groups is 1. The molecule has 0 bridgehead atoms. The van der Waals surface area contributed by atoms with E-state index in [-0.39, 0.29) is 5.91 Å². The molecule has 1 heterocycles. The van der Waals surface area contributed by atoms with Gasteiger partial charge in [0.2, 0.25) is 0 Å². The lowest BCUT2D eigenvalue weighted by Crippen LogP contribution is -2.28. The third-order valence-electron chi connectivity index (χ3n) is 4.50. The summed E-state index contributed by atoms with van der Waals surface area (Å²) < 4.78 is 0. The Kier molecular flexibility index (Phi) is 6.95. The highest BCUT2D eigenvalue weighted by molar-refractivity contribution is 7.98. The zero-order valence-electron chi connectivity index (χ0n) is 14.6. The number of amides is 1. The van der Waals surface area contributed by atoms with Crippen LogP contribution in [0.4, 0.5) is 0 Å². The van der Waals surface area contributed by atoms with Gasteiger partial charge in [-0.05, 0) is 56.6 Å². The number of nitrogens with zero attached hydrogens (tertiary/aromatic N) is 1. The van der Waals surface area contributed by atoms with Gasteiger partial charge in [0, 0.05) is 17.2 Å². The second-order valence-electron chi connectivity index (χ2n) is 6.43. The third kappa shape index (κ3) is 5.62. The molecule has 1 N–H and O–H groups in total. The number of carbonyl (C=O) groups is 1. The molecule has 0 aromatic heterocycles. The summed E-state index contributed by atoms with van der Waals surface area (Å²) in [5, 5.41) is 3.08. The molecule has 0 saturated carbocycles. The first-order valence-corrected chi connectivity index (χ1v) is 10.1. The van der Waals surface area contributed by atoms with E-state index in [0.29, 0.717) is 0 Å². The molecule has 3 rings (SSSR count). The average molecular weight is 355 g/mol. The number of carbonyl (C=O) groups excluding carboxylic acids is 1. The maximum absolute atomic E-state index is 12.5. The summed E-state index contributed by atoms with van der Waals surface area (Å²) in [6, 6.07) is 18.3. The molecule has 3 nitrogen and oxygen atoms in total. The molecule has 132 valence electrons. The molecule has 1 amide bonds. The summed E-state index contributed by atoms with van der Waals surface area (Å²) in [6.45, 7) is 4.26. The van der Waals surface area contributed by atoms with Gasteiger partial charge in [-0.25, -0.2) is 0 Å². The topological polar surface area (TPSA) is 32.3 Å². The monoisotopic (exact) mass is 354 g/mol. The third-order valence-corrected chi connectivity index (χ3v) is 5.65. The van der Waals surface area contributed by atoms with Gasteiger partial charge in [-0.1, -0.05) is 42.5 Å². The van der Waals surface area contributed by atoms with Gasteiger partial charge in [0.15, 0.2) is 0 Å².